The third-order valence-corrected chi connectivity index (χ3v) is 5.00. The first-order valence-electron chi connectivity index (χ1n) is 7.52. The van der Waals surface area contributed by atoms with Gasteiger partial charge in [-0.3, -0.25) is 0 Å². The lowest BCUT2D eigenvalue weighted by Gasteiger charge is -2.13. The molecule has 3 nitrogen and oxygen atoms in total. The number of thiazole rings is 1. The average Bonchev–Trinajstić information content (AvgIpc) is 3.08. The van der Waals surface area contributed by atoms with Gasteiger partial charge in [0.2, 0.25) is 0 Å². The fourth-order valence-electron chi connectivity index (χ4n) is 2.72. The van der Waals surface area contributed by atoms with E-state index in [0.717, 1.165) is 22.9 Å². The highest BCUT2D eigenvalue weighted by Gasteiger charge is 2.41. The number of ether oxygens (including phenoxy) is 1. The van der Waals surface area contributed by atoms with Crippen LogP contribution in [0.1, 0.15) is 39.5 Å². The summed E-state index contributed by atoms with van der Waals surface area (Å²) in [5.74, 6) is 0.930. The highest BCUT2D eigenvalue weighted by Crippen LogP contribution is 2.49. The number of rotatable bonds is 7. The number of nitrogens with one attached hydrogen (secondary N) is 1. The molecule has 1 aliphatic rings. The minimum atomic E-state index is 0.559. The summed E-state index contributed by atoms with van der Waals surface area (Å²) in [6.07, 6.45) is 5.35. The molecule has 4 heteroatoms. The Morgan fingerprint density at radius 3 is 2.90 bits per heavy atom. The summed E-state index contributed by atoms with van der Waals surface area (Å²) in [5.41, 5.74) is 1.62. The van der Waals surface area contributed by atoms with Crippen molar-refractivity contribution in [3.63, 3.8) is 0 Å². The summed E-state index contributed by atoms with van der Waals surface area (Å²) in [6.45, 7) is 6.05. The molecule has 0 unspecified atom stereocenters. The topological polar surface area (TPSA) is 34.2 Å². The van der Waals surface area contributed by atoms with E-state index in [0.29, 0.717) is 12.0 Å². The van der Waals surface area contributed by atoms with Crippen molar-refractivity contribution >= 4 is 26.7 Å². The van der Waals surface area contributed by atoms with Gasteiger partial charge < -0.3 is 10.1 Å². The number of benzene rings is 1. The van der Waals surface area contributed by atoms with Gasteiger partial charge in [0.15, 0.2) is 5.13 Å². The highest BCUT2D eigenvalue weighted by atomic mass is 32.1. The number of hydrogen-bond donors (Lipinski definition) is 1. The maximum absolute atomic E-state index is 5.54. The standard InChI is InChI=1S/C16H22N2OS/c1-3-7-16(8-9-16)11-17-15-18-13-6-5-12(19-4-2)10-14(13)20-15/h5-6,10H,3-4,7-9,11H2,1-2H3,(H,17,18). The molecule has 0 amide bonds. The van der Waals surface area contributed by atoms with E-state index in [9.17, 15) is 0 Å². The Balaban J connectivity index is 1.69. The van der Waals surface area contributed by atoms with Gasteiger partial charge in [-0.15, -0.1) is 0 Å². The largest absolute Gasteiger partial charge is 0.494 e. The van der Waals surface area contributed by atoms with E-state index in [2.05, 4.69) is 23.3 Å². The van der Waals surface area contributed by atoms with E-state index < -0.39 is 0 Å². The summed E-state index contributed by atoms with van der Waals surface area (Å²) < 4.78 is 6.73. The number of fused-ring (bicyclic) bond motifs is 1. The zero-order valence-electron chi connectivity index (χ0n) is 12.2. The molecule has 1 fully saturated rings. The van der Waals surface area contributed by atoms with Crippen LogP contribution in [0, 0.1) is 5.41 Å². The molecule has 1 heterocycles. The Hall–Kier alpha value is -1.29. The molecule has 0 bridgehead atoms. The zero-order valence-corrected chi connectivity index (χ0v) is 13.1. The lowest BCUT2D eigenvalue weighted by Crippen LogP contribution is -2.14. The molecule has 1 saturated carbocycles. The lowest BCUT2D eigenvalue weighted by atomic mass is 10.0. The van der Waals surface area contributed by atoms with Crippen LogP contribution in [0.3, 0.4) is 0 Å². The molecule has 1 aromatic heterocycles. The van der Waals surface area contributed by atoms with Gasteiger partial charge in [-0.25, -0.2) is 4.98 Å². The predicted octanol–water partition coefficient (Wildman–Crippen LogP) is 4.69. The third kappa shape index (κ3) is 2.90. The van der Waals surface area contributed by atoms with Crippen LogP contribution in [0.4, 0.5) is 5.13 Å². The van der Waals surface area contributed by atoms with E-state index in [1.807, 2.05) is 19.1 Å². The molecule has 0 spiro atoms. The van der Waals surface area contributed by atoms with Gasteiger partial charge in [0.1, 0.15) is 5.75 Å². The molecule has 3 rings (SSSR count). The van der Waals surface area contributed by atoms with Gasteiger partial charge in [0.25, 0.3) is 0 Å². The first kappa shape index (κ1) is 13.7. The van der Waals surface area contributed by atoms with E-state index in [1.54, 1.807) is 11.3 Å². The molecule has 0 aliphatic heterocycles. The van der Waals surface area contributed by atoms with E-state index >= 15 is 0 Å². The predicted molar refractivity (Wildman–Crippen MR) is 85.9 cm³/mol. The summed E-state index contributed by atoms with van der Waals surface area (Å²) in [6, 6.07) is 6.12. The van der Waals surface area contributed by atoms with Crippen molar-refractivity contribution in [3.8, 4) is 5.75 Å². The molecule has 2 aromatic rings. The quantitative estimate of drug-likeness (QED) is 0.803. The lowest BCUT2D eigenvalue weighted by molar-refractivity contribution is 0.341. The van der Waals surface area contributed by atoms with Crippen molar-refractivity contribution < 1.29 is 4.74 Å². The van der Waals surface area contributed by atoms with Crippen LogP contribution in [0.2, 0.25) is 0 Å². The minimum Gasteiger partial charge on any atom is -0.494 e. The molecule has 20 heavy (non-hydrogen) atoms. The minimum absolute atomic E-state index is 0.559. The number of hydrogen-bond acceptors (Lipinski definition) is 4. The molecular weight excluding hydrogens is 268 g/mol. The van der Waals surface area contributed by atoms with Crippen LogP contribution >= 0.6 is 11.3 Å². The van der Waals surface area contributed by atoms with Crippen molar-refractivity contribution in [1.82, 2.24) is 4.98 Å². The maximum atomic E-state index is 5.54. The zero-order chi connectivity index (χ0) is 14.0. The van der Waals surface area contributed by atoms with Crippen molar-refractivity contribution in [3.05, 3.63) is 18.2 Å². The van der Waals surface area contributed by atoms with Crippen LogP contribution in [0.25, 0.3) is 10.2 Å². The van der Waals surface area contributed by atoms with Gasteiger partial charge in [0, 0.05) is 6.54 Å². The van der Waals surface area contributed by atoms with Crippen LogP contribution in [0.5, 0.6) is 5.75 Å². The van der Waals surface area contributed by atoms with Crippen molar-refractivity contribution in [2.45, 2.75) is 39.5 Å². The number of nitrogens with zero attached hydrogens (tertiary/aromatic N) is 1. The van der Waals surface area contributed by atoms with Crippen molar-refractivity contribution in [2.75, 3.05) is 18.5 Å². The Morgan fingerprint density at radius 1 is 1.35 bits per heavy atom. The highest BCUT2D eigenvalue weighted by molar-refractivity contribution is 7.22. The van der Waals surface area contributed by atoms with Gasteiger partial charge in [0.05, 0.1) is 16.8 Å². The van der Waals surface area contributed by atoms with Crippen molar-refractivity contribution in [2.24, 2.45) is 5.41 Å². The number of anilines is 1. The van der Waals surface area contributed by atoms with Crippen LogP contribution in [-0.2, 0) is 0 Å². The van der Waals surface area contributed by atoms with Crippen LogP contribution in [0.15, 0.2) is 18.2 Å². The molecule has 108 valence electrons. The monoisotopic (exact) mass is 290 g/mol. The van der Waals surface area contributed by atoms with Gasteiger partial charge in [-0.1, -0.05) is 24.7 Å². The van der Waals surface area contributed by atoms with E-state index in [1.165, 1.54) is 30.4 Å². The summed E-state index contributed by atoms with van der Waals surface area (Å²) >= 11 is 1.72. The first-order valence-corrected chi connectivity index (χ1v) is 8.33. The first-order chi connectivity index (χ1) is 9.74. The van der Waals surface area contributed by atoms with Gasteiger partial charge in [-0.2, -0.15) is 0 Å². The second-order valence-electron chi connectivity index (χ2n) is 5.69. The smallest absolute Gasteiger partial charge is 0.183 e. The molecule has 0 radical (unpaired) electrons. The number of aromatic nitrogens is 1. The molecule has 0 atom stereocenters. The molecule has 1 aliphatic carbocycles. The normalized spacial score (nSPS) is 16.3. The fraction of sp³-hybridized carbons (Fsp3) is 0.562. The Bertz CT molecular complexity index is 589. The fourth-order valence-corrected chi connectivity index (χ4v) is 3.61. The Kier molecular flexibility index (Phi) is 3.83. The van der Waals surface area contributed by atoms with Crippen LogP contribution < -0.4 is 10.1 Å². The molecule has 1 N–H and O–H groups in total. The summed E-state index contributed by atoms with van der Waals surface area (Å²) in [4.78, 5) is 4.66. The van der Waals surface area contributed by atoms with E-state index in [4.69, 9.17) is 4.74 Å². The second kappa shape index (κ2) is 5.60. The maximum Gasteiger partial charge on any atom is 0.183 e. The summed E-state index contributed by atoms with van der Waals surface area (Å²) in [5, 5.41) is 4.58. The third-order valence-electron chi connectivity index (χ3n) is 4.02. The van der Waals surface area contributed by atoms with Crippen LogP contribution in [-0.4, -0.2) is 18.1 Å². The average molecular weight is 290 g/mol. The SMILES string of the molecule is CCCC1(CNc2nc3ccc(OCC)cc3s2)CC1. The van der Waals surface area contributed by atoms with Gasteiger partial charge in [-0.05, 0) is 49.8 Å². The molecular formula is C16H22N2OS. The molecule has 1 aromatic carbocycles. The summed E-state index contributed by atoms with van der Waals surface area (Å²) in [7, 11) is 0. The van der Waals surface area contributed by atoms with E-state index in [-0.39, 0.29) is 0 Å². The second-order valence-corrected chi connectivity index (χ2v) is 6.72. The van der Waals surface area contributed by atoms with Crippen molar-refractivity contribution in [1.29, 1.82) is 0 Å². The Labute approximate surface area is 124 Å². The molecule has 0 saturated heterocycles. The van der Waals surface area contributed by atoms with Gasteiger partial charge >= 0.3 is 0 Å². The Morgan fingerprint density at radius 2 is 2.20 bits per heavy atom.